The highest BCUT2D eigenvalue weighted by molar-refractivity contribution is 5.67. The summed E-state index contributed by atoms with van der Waals surface area (Å²) >= 11 is 0. The van der Waals surface area contributed by atoms with Gasteiger partial charge in [0.2, 0.25) is 0 Å². The monoisotopic (exact) mass is 367 g/mol. The Bertz CT molecular complexity index is 819. The van der Waals surface area contributed by atoms with Gasteiger partial charge in [-0.25, -0.2) is 4.39 Å². The molecule has 26 heavy (non-hydrogen) atoms. The van der Waals surface area contributed by atoms with E-state index in [2.05, 4.69) is 9.73 Å². The predicted molar refractivity (Wildman–Crippen MR) is 90.0 cm³/mol. The van der Waals surface area contributed by atoms with Crippen molar-refractivity contribution in [1.29, 1.82) is 0 Å². The van der Waals surface area contributed by atoms with Crippen molar-refractivity contribution >= 4 is 6.21 Å². The minimum absolute atomic E-state index is 0.427. The molecule has 0 spiro atoms. The van der Waals surface area contributed by atoms with E-state index in [1.165, 1.54) is 12.1 Å². The number of halogens is 4. The van der Waals surface area contributed by atoms with E-state index in [9.17, 15) is 17.6 Å². The first kappa shape index (κ1) is 18.4. The second-order valence-electron chi connectivity index (χ2n) is 6.23. The molecular formula is C19H17F4NO2. The molecule has 3 nitrogen and oxygen atoms in total. The van der Waals surface area contributed by atoms with E-state index in [1.54, 1.807) is 12.3 Å². The molecule has 1 atom stereocenters. The SMILES string of the molecule is CC1(c2cccc(-c3ccc(F)c(OCC(F)(F)F)c3)c2)COCC=N1. The summed E-state index contributed by atoms with van der Waals surface area (Å²) < 4.78 is 60.8. The van der Waals surface area contributed by atoms with Crippen molar-refractivity contribution in [3.63, 3.8) is 0 Å². The summed E-state index contributed by atoms with van der Waals surface area (Å²) in [5, 5.41) is 0. The molecule has 3 rings (SSSR count). The van der Waals surface area contributed by atoms with Gasteiger partial charge in [-0.05, 0) is 41.8 Å². The molecule has 0 radical (unpaired) electrons. The average Bonchev–Trinajstić information content (AvgIpc) is 2.61. The standard InChI is InChI=1S/C19H17F4NO2/c1-18(11-25-8-7-24-18)15-4-2-3-13(9-15)14-5-6-16(20)17(10-14)26-12-19(21,22)23/h2-7,9-10H,8,11-12H2,1H3. The zero-order valence-electron chi connectivity index (χ0n) is 14.0. The van der Waals surface area contributed by atoms with Crippen molar-refractivity contribution < 1.29 is 27.0 Å². The second kappa shape index (κ2) is 7.07. The molecular weight excluding hydrogens is 350 g/mol. The molecule has 2 aromatic rings. The molecule has 0 fully saturated rings. The summed E-state index contributed by atoms with van der Waals surface area (Å²) in [5.74, 6) is -1.28. The van der Waals surface area contributed by atoms with E-state index in [0.29, 0.717) is 18.8 Å². The Labute approximate surface area is 148 Å². The Morgan fingerprint density at radius 3 is 2.62 bits per heavy atom. The van der Waals surface area contributed by atoms with Crippen LogP contribution in [-0.4, -0.2) is 32.2 Å². The first-order chi connectivity index (χ1) is 12.3. The summed E-state index contributed by atoms with van der Waals surface area (Å²) in [4.78, 5) is 4.49. The molecule has 1 unspecified atom stereocenters. The van der Waals surface area contributed by atoms with Crippen molar-refractivity contribution in [3.05, 3.63) is 53.8 Å². The van der Waals surface area contributed by atoms with Gasteiger partial charge in [0.1, 0.15) is 5.54 Å². The number of alkyl halides is 3. The normalized spacial score (nSPS) is 20.2. The molecule has 0 bridgehead atoms. The van der Waals surface area contributed by atoms with Crippen LogP contribution in [0.5, 0.6) is 5.75 Å². The minimum atomic E-state index is -4.53. The third-order valence-corrected chi connectivity index (χ3v) is 4.09. The van der Waals surface area contributed by atoms with Gasteiger partial charge >= 0.3 is 6.18 Å². The van der Waals surface area contributed by atoms with Crippen LogP contribution in [-0.2, 0) is 10.3 Å². The molecule has 1 aliphatic heterocycles. The Kier molecular flexibility index (Phi) is 5.00. The van der Waals surface area contributed by atoms with Crippen LogP contribution in [0.25, 0.3) is 11.1 Å². The quantitative estimate of drug-likeness (QED) is 0.730. The van der Waals surface area contributed by atoms with E-state index in [4.69, 9.17) is 4.74 Å². The molecule has 7 heteroatoms. The van der Waals surface area contributed by atoms with Gasteiger partial charge in [-0.2, -0.15) is 13.2 Å². The topological polar surface area (TPSA) is 30.8 Å². The van der Waals surface area contributed by atoms with Gasteiger partial charge in [0, 0.05) is 6.21 Å². The summed E-state index contributed by atoms with van der Waals surface area (Å²) in [6, 6.07) is 11.2. The van der Waals surface area contributed by atoms with Crippen LogP contribution < -0.4 is 4.74 Å². The zero-order chi connectivity index (χ0) is 18.8. The van der Waals surface area contributed by atoms with Crippen molar-refractivity contribution in [1.82, 2.24) is 0 Å². The first-order valence-electron chi connectivity index (χ1n) is 7.98. The molecule has 1 heterocycles. The number of nitrogens with zero attached hydrogens (tertiary/aromatic N) is 1. The van der Waals surface area contributed by atoms with Gasteiger partial charge in [-0.3, -0.25) is 4.99 Å². The van der Waals surface area contributed by atoms with E-state index in [1.807, 2.05) is 25.1 Å². The van der Waals surface area contributed by atoms with Crippen LogP contribution >= 0.6 is 0 Å². The van der Waals surface area contributed by atoms with Crippen molar-refractivity contribution in [2.24, 2.45) is 4.99 Å². The van der Waals surface area contributed by atoms with E-state index in [0.717, 1.165) is 17.2 Å². The maximum absolute atomic E-state index is 13.8. The molecule has 138 valence electrons. The number of aliphatic imine (C=N–C) groups is 1. The molecule has 0 aliphatic carbocycles. The molecule has 0 N–H and O–H groups in total. The highest BCUT2D eigenvalue weighted by Crippen LogP contribution is 2.33. The second-order valence-corrected chi connectivity index (χ2v) is 6.23. The van der Waals surface area contributed by atoms with E-state index >= 15 is 0 Å². The number of rotatable bonds is 4. The maximum atomic E-state index is 13.8. The smallest absolute Gasteiger partial charge is 0.422 e. The third-order valence-electron chi connectivity index (χ3n) is 4.09. The summed E-state index contributed by atoms with van der Waals surface area (Å²) in [6.45, 7) is 1.28. The Hall–Kier alpha value is -2.41. The van der Waals surface area contributed by atoms with Crippen LogP contribution in [0.2, 0.25) is 0 Å². The molecule has 0 aromatic heterocycles. The van der Waals surface area contributed by atoms with E-state index in [-0.39, 0.29) is 0 Å². The van der Waals surface area contributed by atoms with Crippen LogP contribution in [0.1, 0.15) is 12.5 Å². The summed E-state index contributed by atoms with van der Waals surface area (Å²) in [7, 11) is 0. The van der Waals surface area contributed by atoms with Crippen LogP contribution in [0.4, 0.5) is 17.6 Å². The molecule has 2 aromatic carbocycles. The summed E-state index contributed by atoms with van der Waals surface area (Å²) in [5.41, 5.74) is 1.63. The van der Waals surface area contributed by atoms with Crippen molar-refractivity contribution in [2.45, 2.75) is 18.6 Å². The Balaban J connectivity index is 1.91. The van der Waals surface area contributed by atoms with Crippen LogP contribution in [0, 0.1) is 5.82 Å². The van der Waals surface area contributed by atoms with Gasteiger partial charge in [-0.1, -0.05) is 24.3 Å². The lowest BCUT2D eigenvalue weighted by atomic mass is 9.90. The summed E-state index contributed by atoms with van der Waals surface area (Å²) in [6.07, 6.45) is -2.83. The van der Waals surface area contributed by atoms with Crippen LogP contribution in [0.15, 0.2) is 47.5 Å². The fourth-order valence-corrected chi connectivity index (χ4v) is 2.73. The number of hydrogen-bond acceptors (Lipinski definition) is 3. The Morgan fingerprint density at radius 1 is 1.15 bits per heavy atom. The fourth-order valence-electron chi connectivity index (χ4n) is 2.73. The highest BCUT2D eigenvalue weighted by Gasteiger charge is 2.29. The zero-order valence-corrected chi connectivity index (χ0v) is 14.0. The van der Waals surface area contributed by atoms with Gasteiger partial charge in [-0.15, -0.1) is 0 Å². The fraction of sp³-hybridized carbons (Fsp3) is 0.316. The predicted octanol–water partition coefficient (Wildman–Crippen LogP) is 4.75. The maximum Gasteiger partial charge on any atom is 0.422 e. The third kappa shape index (κ3) is 4.22. The lowest BCUT2D eigenvalue weighted by Gasteiger charge is -2.28. The molecule has 1 aliphatic rings. The molecule has 0 saturated heterocycles. The lowest BCUT2D eigenvalue weighted by Crippen LogP contribution is -2.30. The molecule has 0 saturated carbocycles. The van der Waals surface area contributed by atoms with Crippen molar-refractivity contribution in [2.75, 3.05) is 19.8 Å². The minimum Gasteiger partial charge on any atom is -0.481 e. The van der Waals surface area contributed by atoms with Crippen molar-refractivity contribution in [3.8, 4) is 16.9 Å². The molecule has 0 amide bonds. The number of benzene rings is 2. The number of hydrogen-bond donors (Lipinski definition) is 0. The lowest BCUT2D eigenvalue weighted by molar-refractivity contribution is -0.153. The first-order valence-corrected chi connectivity index (χ1v) is 7.98. The highest BCUT2D eigenvalue weighted by atomic mass is 19.4. The van der Waals surface area contributed by atoms with Crippen LogP contribution in [0.3, 0.4) is 0 Å². The largest absolute Gasteiger partial charge is 0.481 e. The average molecular weight is 367 g/mol. The van der Waals surface area contributed by atoms with Gasteiger partial charge in [0.15, 0.2) is 18.2 Å². The van der Waals surface area contributed by atoms with E-state index < -0.39 is 29.9 Å². The number of ether oxygens (including phenoxy) is 2. The van der Waals surface area contributed by atoms with Gasteiger partial charge in [0.05, 0.1) is 13.2 Å². The van der Waals surface area contributed by atoms with Gasteiger partial charge < -0.3 is 9.47 Å². The Morgan fingerprint density at radius 2 is 1.92 bits per heavy atom. The van der Waals surface area contributed by atoms with Gasteiger partial charge in [0.25, 0.3) is 0 Å².